The van der Waals surface area contributed by atoms with Gasteiger partial charge in [-0.3, -0.25) is 4.79 Å². The first kappa shape index (κ1) is 14.1. The van der Waals surface area contributed by atoms with E-state index in [1.165, 1.54) is 0 Å². The highest BCUT2D eigenvalue weighted by atomic mass is 16.5. The van der Waals surface area contributed by atoms with Gasteiger partial charge in [0, 0.05) is 12.2 Å². The van der Waals surface area contributed by atoms with Crippen LogP contribution in [0.15, 0.2) is 54.6 Å². The van der Waals surface area contributed by atoms with E-state index >= 15 is 0 Å². The molecule has 3 nitrogen and oxygen atoms in total. The van der Waals surface area contributed by atoms with Crippen LogP contribution in [-0.2, 0) is 11.2 Å². The van der Waals surface area contributed by atoms with Gasteiger partial charge in [-0.2, -0.15) is 0 Å². The summed E-state index contributed by atoms with van der Waals surface area (Å²) < 4.78 is 5.31. The van der Waals surface area contributed by atoms with Crippen molar-refractivity contribution >= 4 is 11.7 Å². The van der Waals surface area contributed by atoms with E-state index in [4.69, 9.17) is 4.74 Å². The van der Waals surface area contributed by atoms with Crippen LogP contribution in [0.25, 0.3) is 0 Å². The van der Waals surface area contributed by atoms with Gasteiger partial charge in [-0.15, -0.1) is 0 Å². The van der Waals surface area contributed by atoms with Gasteiger partial charge in [0.2, 0.25) is 0 Å². The lowest BCUT2D eigenvalue weighted by molar-refractivity contribution is -0.133. The number of rotatable bonds is 6. The quantitative estimate of drug-likeness (QED) is 0.642. The Kier molecular flexibility index (Phi) is 5.18. The molecule has 0 heterocycles. The molecule has 0 spiro atoms. The molecular weight excluding hydrogens is 250 g/mol. The molecule has 2 rings (SSSR count). The van der Waals surface area contributed by atoms with Crippen molar-refractivity contribution in [2.75, 3.05) is 11.9 Å². The molecule has 0 radical (unpaired) electrons. The predicted molar refractivity (Wildman–Crippen MR) is 81.0 cm³/mol. The van der Waals surface area contributed by atoms with E-state index in [0.717, 1.165) is 24.2 Å². The summed E-state index contributed by atoms with van der Waals surface area (Å²) in [6.45, 7) is 3.06. The van der Waals surface area contributed by atoms with Crippen LogP contribution in [0, 0.1) is 0 Å². The van der Waals surface area contributed by atoms with Gasteiger partial charge in [-0.05, 0) is 36.2 Å². The minimum absolute atomic E-state index is 0.245. The highest BCUT2D eigenvalue weighted by Crippen LogP contribution is 2.16. The van der Waals surface area contributed by atoms with Gasteiger partial charge in [-0.1, -0.05) is 37.3 Å². The van der Waals surface area contributed by atoms with Crippen molar-refractivity contribution in [3.8, 4) is 5.75 Å². The molecule has 1 N–H and O–H groups in total. The number of ether oxygens (including phenoxy) is 1. The average molecular weight is 269 g/mol. The maximum atomic E-state index is 11.8. The van der Waals surface area contributed by atoms with Crippen LogP contribution in [-0.4, -0.2) is 12.5 Å². The Morgan fingerprint density at radius 3 is 2.40 bits per heavy atom. The van der Waals surface area contributed by atoms with Gasteiger partial charge in [0.25, 0.3) is 0 Å². The van der Waals surface area contributed by atoms with Gasteiger partial charge in [0.15, 0.2) is 0 Å². The van der Waals surface area contributed by atoms with Crippen LogP contribution in [0.4, 0.5) is 5.69 Å². The molecule has 0 aliphatic carbocycles. The lowest BCUT2D eigenvalue weighted by Gasteiger charge is -2.07. The van der Waals surface area contributed by atoms with Crippen LogP contribution >= 0.6 is 0 Å². The zero-order chi connectivity index (χ0) is 14.2. The van der Waals surface area contributed by atoms with Gasteiger partial charge in [-0.25, -0.2) is 0 Å². The Morgan fingerprint density at radius 2 is 1.75 bits per heavy atom. The van der Waals surface area contributed by atoms with Crippen molar-refractivity contribution in [2.45, 2.75) is 19.8 Å². The number of benzene rings is 2. The third kappa shape index (κ3) is 4.43. The molecular formula is C17H19NO2. The molecule has 0 saturated heterocycles. The number of hydrogen-bond acceptors (Lipinski definition) is 3. The first-order valence-corrected chi connectivity index (χ1v) is 6.86. The molecule has 3 heteroatoms. The lowest BCUT2D eigenvalue weighted by atomic mass is 10.2. The summed E-state index contributed by atoms with van der Waals surface area (Å²) in [7, 11) is 0. The van der Waals surface area contributed by atoms with Crippen molar-refractivity contribution in [1.82, 2.24) is 0 Å². The van der Waals surface area contributed by atoms with Gasteiger partial charge in [0.05, 0.1) is 6.42 Å². The Bertz CT molecular complexity index is 535. The van der Waals surface area contributed by atoms with Crippen molar-refractivity contribution in [3.05, 3.63) is 60.2 Å². The van der Waals surface area contributed by atoms with Crippen LogP contribution in [0.1, 0.15) is 18.9 Å². The largest absolute Gasteiger partial charge is 0.426 e. The molecule has 2 aromatic rings. The molecule has 0 saturated carbocycles. The molecule has 0 aromatic heterocycles. The smallest absolute Gasteiger partial charge is 0.315 e. The SMILES string of the molecule is CCCNc1ccc(OC(=O)Cc2ccccc2)cc1. The molecule has 0 fully saturated rings. The number of hydrogen-bond donors (Lipinski definition) is 1. The van der Waals surface area contributed by atoms with E-state index in [2.05, 4.69) is 12.2 Å². The molecule has 0 bridgehead atoms. The van der Waals surface area contributed by atoms with Gasteiger partial charge >= 0.3 is 5.97 Å². The number of carbonyl (C=O) groups excluding carboxylic acids is 1. The molecule has 104 valence electrons. The standard InChI is InChI=1S/C17H19NO2/c1-2-12-18-15-8-10-16(11-9-15)20-17(19)13-14-6-4-3-5-7-14/h3-11,18H,2,12-13H2,1H3. The summed E-state index contributed by atoms with van der Waals surface area (Å²) >= 11 is 0. The Morgan fingerprint density at radius 1 is 1.05 bits per heavy atom. The summed E-state index contributed by atoms with van der Waals surface area (Å²) in [6.07, 6.45) is 1.37. The number of carbonyl (C=O) groups is 1. The first-order valence-electron chi connectivity index (χ1n) is 6.86. The summed E-state index contributed by atoms with van der Waals surface area (Å²) in [5, 5.41) is 3.27. The topological polar surface area (TPSA) is 38.3 Å². The summed E-state index contributed by atoms with van der Waals surface area (Å²) in [4.78, 5) is 11.8. The summed E-state index contributed by atoms with van der Waals surface area (Å²) in [5.74, 6) is 0.332. The van der Waals surface area contributed by atoms with Crippen LogP contribution in [0.2, 0.25) is 0 Å². The summed E-state index contributed by atoms with van der Waals surface area (Å²) in [5.41, 5.74) is 1.99. The predicted octanol–water partition coefficient (Wildman–Crippen LogP) is 3.66. The highest BCUT2D eigenvalue weighted by molar-refractivity contribution is 5.75. The van der Waals surface area contributed by atoms with Crippen molar-refractivity contribution < 1.29 is 9.53 Å². The number of anilines is 1. The Hall–Kier alpha value is -2.29. The first-order chi connectivity index (χ1) is 9.78. The third-order valence-corrected chi connectivity index (χ3v) is 2.86. The Labute approximate surface area is 119 Å². The van der Waals surface area contributed by atoms with Gasteiger partial charge in [0.1, 0.15) is 5.75 Å². The van der Waals surface area contributed by atoms with Crippen LogP contribution in [0.3, 0.4) is 0 Å². The van der Waals surface area contributed by atoms with Crippen LogP contribution < -0.4 is 10.1 Å². The third-order valence-electron chi connectivity index (χ3n) is 2.86. The second-order valence-electron chi connectivity index (χ2n) is 4.59. The number of nitrogens with one attached hydrogen (secondary N) is 1. The fourth-order valence-electron chi connectivity index (χ4n) is 1.84. The number of esters is 1. The van der Waals surface area contributed by atoms with E-state index in [1.54, 1.807) is 12.1 Å². The molecule has 0 amide bonds. The fraction of sp³-hybridized carbons (Fsp3) is 0.235. The normalized spacial score (nSPS) is 10.1. The van der Waals surface area contributed by atoms with E-state index in [9.17, 15) is 4.79 Å². The molecule has 2 aromatic carbocycles. The van der Waals surface area contributed by atoms with E-state index in [1.807, 2.05) is 42.5 Å². The second-order valence-corrected chi connectivity index (χ2v) is 4.59. The fourth-order valence-corrected chi connectivity index (χ4v) is 1.84. The Balaban J connectivity index is 1.88. The highest BCUT2D eigenvalue weighted by Gasteiger charge is 2.06. The molecule has 0 atom stereocenters. The minimum atomic E-state index is -0.245. The van der Waals surface area contributed by atoms with Crippen molar-refractivity contribution in [1.29, 1.82) is 0 Å². The molecule has 20 heavy (non-hydrogen) atoms. The molecule has 0 aliphatic heterocycles. The maximum absolute atomic E-state index is 11.8. The lowest BCUT2D eigenvalue weighted by Crippen LogP contribution is -2.11. The monoisotopic (exact) mass is 269 g/mol. The molecule has 0 unspecified atom stereocenters. The zero-order valence-electron chi connectivity index (χ0n) is 11.6. The van der Waals surface area contributed by atoms with Crippen molar-refractivity contribution in [2.24, 2.45) is 0 Å². The van der Waals surface area contributed by atoms with Crippen molar-refractivity contribution in [3.63, 3.8) is 0 Å². The van der Waals surface area contributed by atoms with Crippen LogP contribution in [0.5, 0.6) is 5.75 Å². The van der Waals surface area contributed by atoms with E-state index < -0.39 is 0 Å². The second kappa shape index (κ2) is 7.34. The maximum Gasteiger partial charge on any atom is 0.315 e. The minimum Gasteiger partial charge on any atom is -0.426 e. The van der Waals surface area contributed by atoms with E-state index in [0.29, 0.717) is 5.75 Å². The summed E-state index contributed by atoms with van der Waals surface area (Å²) in [6, 6.07) is 17.0. The van der Waals surface area contributed by atoms with Gasteiger partial charge < -0.3 is 10.1 Å². The average Bonchev–Trinajstić information content (AvgIpc) is 2.47. The molecule has 0 aliphatic rings. The zero-order valence-corrected chi connectivity index (χ0v) is 11.6. The van der Waals surface area contributed by atoms with E-state index in [-0.39, 0.29) is 12.4 Å².